The molecule has 90 valence electrons. The molecule has 0 aliphatic carbocycles. The summed E-state index contributed by atoms with van der Waals surface area (Å²) < 4.78 is 5.19. The first-order valence-corrected chi connectivity index (χ1v) is 6.00. The quantitative estimate of drug-likeness (QED) is 0.809. The van der Waals surface area contributed by atoms with Crippen molar-refractivity contribution >= 4 is 0 Å². The molecule has 1 atom stereocenters. The summed E-state index contributed by atoms with van der Waals surface area (Å²) >= 11 is 0. The summed E-state index contributed by atoms with van der Waals surface area (Å²) in [5.41, 5.74) is 0. The van der Waals surface area contributed by atoms with Gasteiger partial charge in [-0.2, -0.15) is 4.98 Å². The van der Waals surface area contributed by atoms with E-state index in [9.17, 15) is 5.11 Å². The van der Waals surface area contributed by atoms with Crippen molar-refractivity contribution in [3.05, 3.63) is 11.7 Å². The van der Waals surface area contributed by atoms with Crippen molar-refractivity contribution in [2.24, 2.45) is 0 Å². The molecule has 0 unspecified atom stereocenters. The first-order chi connectivity index (χ1) is 7.83. The topological polar surface area (TPSA) is 62.4 Å². The Morgan fingerprint density at radius 1 is 1.56 bits per heavy atom. The van der Waals surface area contributed by atoms with Crippen LogP contribution in [0.4, 0.5) is 0 Å². The highest BCUT2D eigenvalue weighted by atomic mass is 16.5. The molecule has 1 aromatic rings. The van der Waals surface area contributed by atoms with E-state index in [0.717, 1.165) is 38.1 Å². The molecule has 0 bridgehead atoms. The van der Waals surface area contributed by atoms with Crippen LogP contribution >= 0.6 is 0 Å². The summed E-state index contributed by atoms with van der Waals surface area (Å²) in [5.74, 6) is 1.46. The van der Waals surface area contributed by atoms with Crippen LogP contribution in [0.1, 0.15) is 37.9 Å². The number of aliphatic hydroxyl groups is 1. The van der Waals surface area contributed by atoms with Gasteiger partial charge < -0.3 is 9.63 Å². The lowest BCUT2D eigenvalue weighted by atomic mass is 10.2. The SMILES string of the molecule is CCCc1noc(CN2CCC[C@H]2CO)n1. The zero-order chi connectivity index (χ0) is 11.4. The molecule has 1 aliphatic rings. The fourth-order valence-electron chi connectivity index (χ4n) is 2.16. The van der Waals surface area contributed by atoms with Crippen molar-refractivity contribution in [2.45, 2.75) is 45.2 Å². The van der Waals surface area contributed by atoms with Crippen molar-refractivity contribution in [1.82, 2.24) is 15.0 Å². The molecule has 0 spiro atoms. The van der Waals surface area contributed by atoms with Crippen LogP contribution in [0.2, 0.25) is 0 Å². The minimum Gasteiger partial charge on any atom is -0.395 e. The smallest absolute Gasteiger partial charge is 0.240 e. The Balaban J connectivity index is 1.92. The first-order valence-electron chi connectivity index (χ1n) is 6.00. The normalized spacial score (nSPS) is 21.8. The van der Waals surface area contributed by atoms with Gasteiger partial charge in [-0.1, -0.05) is 12.1 Å². The van der Waals surface area contributed by atoms with Gasteiger partial charge in [0.25, 0.3) is 0 Å². The van der Waals surface area contributed by atoms with E-state index in [1.54, 1.807) is 0 Å². The van der Waals surface area contributed by atoms with Crippen molar-refractivity contribution < 1.29 is 9.63 Å². The molecule has 1 saturated heterocycles. The number of likely N-dealkylation sites (tertiary alicyclic amines) is 1. The van der Waals surface area contributed by atoms with E-state index in [-0.39, 0.29) is 12.6 Å². The average molecular weight is 225 g/mol. The summed E-state index contributed by atoms with van der Waals surface area (Å²) in [5, 5.41) is 13.1. The number of hydrogen-bond donors (Lipinski definition) is 1. The number of hydrogen-bond acceptors (Lipinski definition) is 5. The van der Waals surface area contributed by atoms with Crippen molar-refractivity contribution in [3.8, 4) is 0 Å². The Morgan fingerprint density at radius 2 is 2.44 bits per heavy atom. The summed E-state index contributed by atoms with van der Waals surface area (Å²) in [4.78, 5) is 6.54. The van der Waals surface area contributed by atoms with Crippen LogP contribution in [-0.2, 0) is 13.0 Å². The van der Waals surface area contributed by atoms with E-state index < -0.39 is 0 Å². The summed E-state index contributed by atoms with van der Waals surface area (Å²) in [7, 11) is 0. The average Bonchev–Trinajstić information content (AvgIpc) is 2.89. The lowest BCUT2D eigenvalue weighted by Gasteiger charge is -2.20. The van der Waals surface area contributed by atoms with Gasteiger partial charge in [0.2, 0.25) is 5.89 Å². The van der Waals surface area contributed by atoms with Crippen LogP contribution in [0.15, 0.2) is 4.52 Å². The summed E-state index contributed by atoms with van der Waals surface area (Å²) in [6.07, 6.45) is 4.10. The Labute approximate surface area is 95.4 Å². The van der Waals surface area contributed by atoms with Gasteiger partial charge in [-0.05, 0) is 25.8 Å². The lowest BCUT2D eigenvalue weighted by Crippen LogP contribution is -2.31. The summed E-state index contributed by atoms with van der Waals surface area (Å²) in [6.45, 7) is 3.99. The predicted molar refractivity (Wildman–Crippen MR) is 58.8 cm³/mol. The van der Waals surface area contributed by atoms with E-state index in [0.29, 0.717) is 12.4 Å². The molecule has 5 heteroatoms. The Kier molecular flexibility index (Phi) is 3.90. The van der Waals surface area contributed by atoms with Crippen LogP contribution in [0, 0.1) is 0 Å². The van der Waals surface area contributed by atoms with Gasteiger partial charge in [0.15, 0.2) is 5.82 Å². The fourth-order valence-corrected chi connectivity index (χ4v) is 2.16. The van der Waals surface area contributed by atoms with Crippen molar-refractivity contribution in [3.63, 3.8) is 0 Å². The Hall–Kier alpha value is -0.940. The van der Waals surface area contributed by atoms with Gasteiger partial charge >= 0.3 is 0 Å². The van der Waals surface area contributed by atoms with Gasteiger partial charge in [-0.25, -0.2) is 0 Å². The van der Waals surface area contributed by atoms with Gasteiger partial charge in [0.1, 0.15) is 0 Å². The van der Waals surface area contributed by atoms with Gasteiger partial charge in [-0.3, -0.25) is 4.90 Å². The molecule has 0 amide bonds. The van der Waals surface area contributed by atoms with E-state index in [2.05, 4.69) is 22.0 Å². The molecule has 1 aliphatic heterocycles. The highest BCUT2D eigenvalue weighted by molar-refractivity contribution is 4.89. The second kappa shape index (κ2) is 5.41. The van der Waals surface area contributed by atoms with Crippen LogP contribution in [0.25, 0.3) is 0 Å². The second-order valence-electron chi connectivity index (χ2n) is 4.30. The maximum atomic E-state index is 9.20. The van der Waals surface area contributed by atoms with E-state index in [1.807, 2.05) is 0 Å². The molecule has 0 saturated carbocycles. The van der Waals surface area contributed by atoms with Crippen LogP contribution in [0.3, 0.4) is 0 Å². The lowest BCUT2D eigenvalue weighted by molar-refractivity contribution is 0.141. The minimum absolute atomic E-state index is 0.218. The highest BCUT2D eigenvalue weighted by Gasteiger charge is 2.25. The molecular weight excluding hydrogens is 206 g/mol. The third kappa shape index (κ3) is 2.59. The monoisotopic (exact) mass is 225 g/mol. The number of aliphatic hydroxyl groups excluding tert-OH is 1. The molecule has 0 radical (unpaired) electrons. The van der Waals surface area contributed by atoms with Gasteiger partial charge in [0.05, 0.1) is 13.2 Å². The third-order valence-corrected chi connectivity index (χ3v) is 3.03. The molecule has 1 fully saturated rings. The van der Waals surface area contributed by atoms with E-state index in [4.69, 9.17) is 4.52 Å². The largest absolute Gasteiger partial charge is 0.395 e. The van der Waals surface area contributed by atoms with Gasteiger partial charge in [-0.15, -0.1) is 0 Å². The minimum atomic E-state index is 0.218. The predicted octanol–water partition coefficient (Wildman–Crippen LogP) is 0.979. The molecule has 16 heavy (non-hydrogen) atoms. The van der Waals surface area contributed by atoms with Gasteiger partial charge in [0, 0.05) is 12.5 Å². The third-order valence-electron chi connectivity index (χ3n) is 3.03. The zero-order valence-electron chi connectivity index (χ0n) is 9.72. The number of aryl methyl sites for hydroxylation is 1. The zero-order valence-corrected chi connectivity index (χ0v) is 9.72. The Morgan fingerprint density at radius 3 is 3.19 bits per heavy atom. The first kappa shape index (κ1) is 11.5. The van der Waals surface area contributed by atoms with E-state index >= 15 is 0 Å². The van der Waals surface area contributed by atoms with Crippen LogP contribution in [-0.4, -0.2) is 39.3 Å². The van der Waals surface area contributed by atoms with Crippen molar-refractivity contribution in [1.29, 1.82) is 0 Å². The van der Waals surface area contributed by atoms with Crippen molar-refractivity contribution in [2.75, 3.05) is 13.2 Å². The summed E-state index contributed by atoms with van der Waals surface area (Å²) in [6, 6.07) is 0.265. The second-order valence-corrected chi connectivity index (χ2v) is 4.30. The molecule has 1 aromatic heterocycles. The molecule has 1 N–H and O–H groups in total. The molecule has 0 aromatic carbocycles. The number of nitrogens with zero attached hydrogens (tertiary/aromatic N) is 3. The molecular formula is C11H19N3O2. The molecule has 2 heterocycles. The van der Waals surface area contributed by atoms with Crippen LogP contribution < -0.4 is 0 Å². The maximum Gasteiger partial charge on any atom is 0.240 e. The number of rotatable bonds is 5. The standard InChI is InChI=1S/C11H19N3O2/c1-2-4-10-12-11(16-13-10)7-14-6-3-5-9(14)8-15/h9,15H,2-8H2,1H3/t9-/m0/s1. The molecule has 5 nitrogen and oxygen atoms in total. The maximum absolute atomic E-state index is 9.20. The number of aromatic nitrogens is 2. The Bertz CT molecular complexity index is 327. The van der Waals surface area contributed by atoms with Crippen LogP contribution in [0.5, 0.6) is 0 Å². The van der Waals surface area contributed by atoms with E-state index in [1.165, 1.54) is 0 Å². The molecule has 2 rings (SSSR count). The fraction of sp³-hybridized carbons (Fsp3) is 0.818. The highest BCUT2D eigenvalue weighted by Crippen LogP contribution is 2.18.